The fourth-order valence-electron chi connectivity index (χ4n) is 2.65. The maximum atomic E-state index is 12.1. The number of benzene rings is 1. The van der Waals surface area contributed by atoms with Gasteiger partial charge in [-0.25, -0.2) is 0 Å². The van der Waals surface area contributed by atoms with Crippen molar-refractivity contribution in [1.82, 2.24) is 9.80 Å². The van der Waals surface area contributed by atoms with Crippen molar-refractivity contribution in [3.8, 4) is 0 Å². The number of carbonyl (C=O) groups is 3. The SMILES string of the molecule is Cc1cccc(C)c1NC(=O)CN(C)C(=O)CN1CCCC1=O. The van der Waals surface area contributed by atoms with E-state index in [1.807, 2.05) is 32.0 Å². The van der Waals surface area contributed by atoms with Crippen LogP contribution in [0.25, 0.3) is 0 Å². The quantitative estimate of drug-likeness (QED) is 0.890. The molecule has 6 heteroatoms. The van der Waals surface area contributed by atoms with E-state index in [0.717, 1.165) is 23.2 Å². The molecule has 1 aliphatic heterocycles. The van der Waals surface area contributed by atoms with Crippen LogP contribution in [0.15, 0.2) is 18.2 Å². The van der Waals surface area contributed by atoms with E-state index in [0.29, 0.717) is 13.0 Å². The molecular formula is C17H23N3O3. The predicted molar refractivity (Wildman–Crippen MR) is 88.0 cm³/mol. The summed E-state index contributed by atoms with van der Waals surface area (Å²) in [6.45, 7) is 4.49. The maximum Gasteiger partial charge on any atom is 0.243 e. The Bertz CT molecular complexity index is 607. The van der Waals surface area contributed by atoms with Crippen LogP contribution in [0.3, 0.4) is 0 Å². The van der Waals surface area contributed by atoms with Crippen LogP contribution in [-0.2, 0) is 14.4 Å². The maximum absolute atomic E-state index is 12.1. The minimum atomic E-state index is -0.244. The lowest BCUT2D eigenvalue weighted by Gasteiger charge is -2.21. The Morgan fingerprint density at radius 2 is 1.91 bits per heavy atom. The van der Waals surface area contributed by atoms with Crippen LogP contribution in [0.4, 0.5) is 5.69 Å². The number of aryl methyl sites for hydroxylation is 2. The van der Waals surface area contributed by atoms with Gasteiger partial charge in [0, 0.05) is 25.7 Å². The number of nitrogens with zero attached hydrogens (tertiary/aromatic N) is 2. The highest BCUT2D eigenvalue weighted by Crippen LogP contribution is 2.19. The third kappa shape index (κ3) is 4.31. The molecule has 1 aromatic rings. The molecule has 1 aliphatic rings. The van der Waals surface area contributed by atoms with Gasteiger partial charge in [0.05, 0.1) is 13.1 Å². The normalized spacial score (nSPS) is 14.0. The third-order valence-electron chi connectivity index (χ3n) is 4.05. The molecule has 0 unspecified atom stereocenters. The molecule has 2 rings (SSSR count). The summed E-state index contributed by atoms with van der Waals surface area (Å²) in [5.74, 6) is -0.463. The summed E-state index contributed by atoms with van der Waals surface area (Å²) >= 11 is 0. The van der Waals surface area contributed by atoms with Crippen molar-refractivity contribution >= 4 is 23.4 Å². The smallest absolute Gasteiger partial charge is 0.243 e. The fourth-order valence-corrected chi connectivity index (χ4v) is 2.65. The van der Waals surface area contributed by atoms with Crippen molar-refractivity contribution in [2.45, 2.75) is 26.7 Å². The number of likely N-dealkylation sites (tertiary alicyclic amines) is 1. The van der Waals surface area contributed by atoms with Gasteiger partial charge in [0.1, 0.15) is 0 Å². The molecule has 0 aromatic heterocycles. The van der Waals surface area contributed by atoms with E-state index in [-0.39, 0.29) is 30.8 Å². The second-order valence-corrected chi connectivity index (χ2v) is 5.98. The summed E-state index contributed by atoms with van der Waals surface area (Å²) in [5.41, 5.74) is 2.75. The Hall–Kier alpha value is -2.37. The van der Waals surface area contributed by atoms with Gasteiger partial charge in [-0.2, -0.15) is 0 Å². The molecule has 1 saturated heterocycles. The number of carbonyl (C=O) groups excluding carboxylic acids is 3. The van der Waals surface area contributed by atoms with Crippen molar-refractivity contribution in [3.63, 3.8) is 0 Å². The number of rotatable bonds is 5. The van der Waals surface area contributed by atoms with Crippen LogP contribution >= 0.6 is 0 Å². The number of amides is 3. The third-order valence-corrected chi connectivity index (χ3v) is 4.05. The molecule has 6 nitrogen and oxygen atoms in total. The van der Waals surface area contributed by atoms with Crippen LogP contribution < -0.4 is 5.32 Å². The first-order valence-electron chi connectivity index (χ1n) is 7.76. The van der Waals surface area contributed by atoms with Crippen molar-refractivity contribution in [3.05, 3.63) is 29.3 Å². The Morgan fingerprint density at radius 3 is 2.48 bits per heavy atom. The average molecular weight is 317 g/mol. The Labute approximate surface area is 136 Å². The fraction of sp³-hybridized carbons (Fsp3) is 0.471. The van der Waals surface area contributed by atoms with E-state index in [9.17, 15) is 14.4 Å². The number of hydrogen-bond donors (Lipinski definition) is 1. The predicted octanol–water partition coefficient (Wildman–Crippen LogP) is 1.32. The number of para-hydroxylation sites is 1. The first-order chi connectivity index (χ1) is 10.9. The van der Waals surface area contributed by atoms with Crippen LogP contribution in [-0.4, -0.2) is 54.2 Å². The van der Waals surface area contributed by atoms with Gasteiger partial charge in [0.15, 0.2) is 0 Å². The first-order valence-corrected chi connectivity index (χ1v) is 7.76. The number of hydrogen-bond acceptors (Lipinski definition) is 3. The van der Waals surface area contributed by atoms with Crippen LogP contribution in [0, 0.1) is 13.8 Å². The lowest BCUT2D eigenvalue weighted by Crippen LogP contribution is -2.42. The summed E-state index contributed by atoms with van der Waals surface area (Å²) < 4.78 is 0. The molecule has 1 N–H and O–H groups in total. The summed E-state index contributed by atoms with van der Waals surface area (Å²) in [5, 5.41) is 2.85. The summed E-state index contributed by atoms with van der Waals surface area (Å²) in [6, 6.07) is 5.79. The second-order valence-electron chi connectivity index (χ2n) is 5.98. The van der Waals surface area contributed by atoms with Gasteiger partial charge in [-0.3, -0.25) is 14.4 Å². The second kappa shape index (κ2) is 7.26. The highest BCUT2D eigenvalue weighted by molar-refractivity contribution is 5.96. The van der Waals surface area contributed by atoms with E-state index in [1.54, 1.807) is 11.9 Å². The van der Waals surface area contributed by atoms with Gasteiger partial charge in [0.2, 0.25) is 17.7 Å². The Morgan fingerprint density at radius 1 is 1.26 bits per heavy atom. The van der Waals surface area contributed by atoms with Crippen LogP contribution in [0.5, 0.6) is 0 Å². The van der Waals surface area contributed by atoms with E-state index in [1.165, 1.54) is 4.90 Å². The first kappa shape index (κ1) is 17.0. The zero-order valence-electron chi connectivity index (χ0n) is 13.9. The molecule has 0 bridgehead atoms. The van der Waals surface area contributed by atoms with Crippen molar-refractivity contribution in [2.24, 2.45) is 0 Å². The summed E-state index contributed by atoms with van der Waals surface area (Å²) in [6.07, 6.45) is 1.30. The zero-order valence-corrected chi connectivity index (χ0v) is 13.9. The standard InChI is InChI=1S/C17H23N3O3/c1-12-6-4-7-13(2)17(12)18-14(21)10-19(3)16(23)11-20-9-5-8-15(20)22/h4,6-7H,5,8-11H2,1-3H3,(H,18,21). The molecule has 1 fully saturated rings. The van der Waals surface area contributed by atoms with E-state index < -0.39 is 0 Å². The van der Waals surface area contributed by atoms with E-state index >= 15 is 0 Å². The molecule has 0 aliphatic carbocycles. The van der Waals surface area contributed by atoms with Crippen LogP contribution in [0.2, 0.25) is 0 Å². The lowest BCUT2D eigenvalue weighted by molar-refractivity contribution is -0.138. The Balaban J connectivity index is 1.89. The van der Waals surface area contributed by atoms with Gasteiger partial charge in [-0.05, 0) is 31.4 Å². The monoisotopic (exact) mass is 317 g/mol. The molecule has 0 saturated carbocycles. The molecule has 1 heterocycles. The van der Waals surface area contributed by atoms with Crippen molar-refractivity contribution in [1.29, 1.82) is 0 Å². The minimum Gasteiger partial charge on any atom is -0.335 e. The highest BCUT2D eigenvalue weighted by atomic mass is 16.2. The molecule has 124 valence electrons. The number of anilines is 1. The number of likely N-dealkylation sites (N-methyl/N-ethyl adjacent to an activating group) is 1. The van der Waals surface area contributed by atoms with Gasteiger partial charge in [0.25, 0.3) is 0 Å². The van der Waals surface area contributed by atoms with Gasteiger partial charge >= 0.3 is 0 Å². The largest absolute Gasteiger partial charge is 0.335 e. The number of nitrogens with one attached hydrogen (secondary N) is 1. The van der Waals surface area contributed by atoms with Gasteiger partial charge in [-0.15, -0.1) is 0 Å². The van der Waals surface area contributed by atoms with Crippen molar-refractivity contribution < 1.29 is 14.4 Å². The van der Waals surface area contributed by atoms with Crippen LogP contribution in [0.1, 0.15) is 24.0 Å². The molecule has 0 radical (unpaired) electrons. The molecule has 0 spiro atoms. The van der Waals surface area contributed by atoms with E-state index in [2.05, 4.69) is 5.32 Å². The zero-order chi connectivity index (χ0) is 17.0. The minimum absolute atomic E-state index is 0.00624. The Kier molecular flexibility index (Phi) is 5.36. The summed E-state index contributed by atoms with van der Waals surface area (Å²) in [4.78, 5) is 38.7. The molecule has 0 atom stereocenters. The molecule has 1 aromatic carbocycles. The van der Waals surface area contributed by atoms with Gasteiger partial charge < -0.3 is 15.1 Å². The topological polar surface area (TPSA) is 69.7 Å². The van der Waals surface area contributed by atoms with Gasteiger partial charge in [-0.1, -0.05) is 18.2 Å². The molecule has 23 heavy (non-hydrogen) atoms. The lowest BCUT2D eigenvalue weighted by atomic mass is 10.1. The molecular weight excluding hydrogens is 294 g/mol. The summed E-state index contributed by atoms with van der Waals surface area (Å²) in [7, 11) is 1.58. The van der Waals surface area contributed by atoms with E-state index in [4.69, 9.17) is 0 Å². The molecule has 3 amide bonds. The highest BCUT2D eigenvalue weighted by Gasteiger charge is 2.24. The average Bonchev–Trinajstić information content (AvgIpc) is 2.88. The van der Waals surface area contributed by atoms with Crippen molar-refractivity contribution in [2.75, 3.05) is 32.0 Å².